The van der Waals surface area contributed by atoms with E-state index in [4.69, 9.17) is 0 Å². The zero-order valence-corrected chi connectivity index (χ0v) is 29.6. The molecular formula is C35H48Cl2Zr. The normalized spacial score (nSPS) is 14.4. The van der Waals surface area contributed by atoms with Gasteiger partial charge in [-0.15, -0.1) is 0 Å². The first-order valence-electron chi connectivity index (χ1n) is 14.1. The molecule has 0 unspecified atom stereocenters. The summed E-state index contributed by atoms with van der Waals surface area (Å²) in [6.07, 6.45) is 9.90. The van der Waals surface area contributed by atoms with Crippen molar-refractivity contribution in [2.24, 2.45) is 5.41 Å². The van der Waals surface area contributed by atoms with Crippen molar-refractivity contribution in [2.75, 3.05) is 0 Å². The van der Waals surface area contributed by atoms with Crippen LogP contribution in [-0.4, -0.2) is 3.21 Å². The van der Waals surface area contributed by atoms with Crippen LogP contribution in [0.15, 0.2) is 51.3 Å². The molecule has 2 aliphatic rings. The van der Waals surface area contributed by atoms with Gasteiger partial charge in [0.25, 0.3) is 0 Å². The van der Waals surface area contributed by atoms with E-state index in [2.05, 4.69) is 119 Å². The third-order valence-electron chi connectivity index (χ3n) is 8.28. The molecule has 2 aromatic carbocycles. The molecule has 0 N–H and O–H groups in total. The molecule has 0 amide bonds. The van der Waals surface area contributed by atoms with E-state index >= 15 is 0 Å². The molecule has 38 heavy (non-hydrogen) atoms. The van der Waals surface area contributed by atoms with Crippen LogP contribution in [0.4, 0.5) is 0 Å². The smallest absolute Gasteiger partial charge is 1.00 e. The number of hydrogen-bond acceptors (Lipinski definition) is 0. The minimum absolute atomic E-state index is 0. The van der Waals surface area contributed by atoms with Crippen molar-refractivity contribution < 1.29 is 46.1 Å². The maximum atomic E-state index is 2.67. The van der Waals surface area contributed by atoms with Crippen LogP contribution in [0.5, 0.6) is 0 Å². The summed E-state index contributed by atoms with van der Waals surface area (Å²) in [7, 11) is 0. The van der Waals surface area contributed by atoms with Crippen LogP contribution in [-0.2, 0) is 38.5 Å². The van der Waals surface area contributed by atoms with Crippen LogP contribution in [0.2, 0.25) is 0 Å². The number of fused-ring (bicyclic) bond motifs is 3. The van der Waals surface area contributed by atoms with Gasteiger partial charge in [-0.1, -0.05) is 0 Å². The van der Waals surface area contributed by atoms with E-state index in [-0.39, 0.29) is 41.1 Å². The Balaban J connectivity index is 0.00000253. The first-order valence-corrected chi connectivity index (χ1v) is 17.8. The molecule has 0 nitrogen and oxygen atoms in total. The fourth-order valence-electron chi connectivity index (χ4n) is 5.81. The second-order valence-electron chi connectivity index (χ2n) is 14.1. The molecule has 0 bridgehead atoms. The Hall–Kier alpha value is -0.747. The van der Waals surface area contributed by atoms with Gasteiger partial charge in [0.15, 0.2) is 0 Å². The van der Waals surface area contributed by atoms with Gasteiger partial charge in [-0.3, -0.25) is 0 Å². The van der Waals surface area contributed by atoms with E-state index < -0.39 is 21.3 Å². The number of rotatable bonds is 4. The molecular weight excluding hydrogens is 583 g/mol. The van der Waals surface area contributed by atoms with Gasteiger partial charge in [-0.2, -0.15) is 0 Å². The molecule has 0 aliphatic heterocycles. The largest absolute Gasteiger partial charge is 1.00 e. The summed E-state index contributed by atoms with van der Waals surface area (Å²) in [5.74, 6) is 0. The van der Waals surface area contributed by atoms with Gasteiger partial charge >= 0.3 is 231 Å². The molecule has 0 radical (unpaired) electrons. The Morgan fingerprint density at radius 1 is 0.737 bits per heavy atom. The van der Waals surface area contributed by atoms with Crippen molar-refractivity contribution in [1.82, 2.24) is 0 Å². The second-order valence-corrected chi connectivity index (χ2v) is 20.6. The van der Waals surface area contributed by atoms with Gasteiger partial charge in [0.2, 0.25) is 0 Å². The maximum absolute atomic E-state index is 2.67. The van der Waals surface area contributed by atoms with E-state index in [1.54, 1.807) is 17.7 Å². The molecule has 206 valence electrons. The number of benzene rings is 2. The minimum atomic E-state index is -2.24. The molecule has 0 aromatic heterocycles. The SMILES string of the molecule is CC[C](CC)=[Zr+2]([C]1=CC(C(C)(C)C)=CC1)[c]1cc(C(C)(C)C)cc2c1Cc1ccc(C(C)(C)C)cc1-2.[Cl-].[Cl-]. The van der Waals surface area contributed by atoms with Crippen molar-refractivity contribution in [1.29, 1.82) is 0 Å². The Kier molecular flexibility index (Phi) is 10.6. The van der Waals surface area contributed by atoms with Gasteiger partial charge in [0, 0.05) is 0 Å². The molecule has 2 aromatic rings. The van der Waals surface area contributed by atoms with Crippen molar-refractivity contribution in [3.63, 3.8) is 0 Å². The molecule has 3 heteroatoms. The molecule has 0 fully saturated rings. The van der Waals surface area contributed by atoms with E-state index in [1.165, 1.54) is 47.1 Å². The third kappa shape index (κ3) is 6.59. The summed E-state index contributed by atoms with van der Waals surface area (Å²) >= 11 is -2.24. The Bertz CT molecular complexity index is 1280. The predicted molar refractivity (Wildman–Crippen MR) is 158 cm³/mol. The molecule has 0 saturated heterocycles. The average Bonchev–Trinajstić information content (AvgIpc) is 3.40. The van der Waals surface area contributed by atoms with Gasteiger partial charge < -0.3 is 24.8 Å². The van der Waals surface area contributed by atoms with Gasteiger partial charge in [0.1, 0.15) is 0 Å². The van der Waals surface area contributed by atoms with Gasteiger partial charge in [-0.25, -0.2) is 0 Å². The van der Waals surface area contributed by atoms with Crippen molar-refractivity contribution in [2.45, 2.75) is 113 Å². The fourth-order valence-corrected chi connectivity index (χ4v) is 14.0. The summed E-state index contributed by atoms with van der Waals surface area (Å²) in [5.41, 5.74) is 11.2. The molecule has 0 atom stereocenters. The van der Waals surface area contributed by atoms with Crippen LogP contribution in [0, 0.1) is 5.41 Å². The Labute approximate surface area is 253 Å². The summed E-state index contributed by atoms with van der Waals surface area (Å²) in [5, 5.41) is 0. The monoisotopic (exact) mass is 628 g/mol. The van der Waals surface area contributed by atoms with Crippen LogP contribution in [0.1, 0.15) is 118 Å². The van der Waals surface area contributed by atoms with Crippen LogP contribution in [0.25, 0.3) is 11.1 Å². The number of halogens is 2. The zero-order chi connectivity index (χ0) is 26.6. The zero-order valence-electron chi connectivity index (χ0n) is 25.6. The fraction of sp³-hybridized carbons (Fsp3) is 0.514. The van der Waals surface area contributed by atoms with Crippen LogP contribution >= 0.6 is 0 Å². The summed E-state index contributed by atoms with van der Waals surface area (Å²) in [4.78, 5) is 0. The molecule has 0 heterocycles. The molecule has 2 aliphatic carbocycles. The van der Waals surface area contributed by atoms with Gasteiger partial charge in [-0.05, 0) is 0 Å². The standard InChI is InChI=1S/C21H25.C9H13.C5H10.2ClH.Zr/c1-20(2,3)16-9-7-14-11-15-8-10-17(21(4,5)6)13-19(15)18(14)12-16;1-9(2,3)8-6-4-5-7-8;1-3-5-4-2;;;/h7,9-10,12-13H,11H2,1-6H3;6-7H,4H2,1-3H3;3-4H2,1-2H3;2*1H;/q;;;;;+2/p-2. The van der Waals surface area contributed by atoms with Crippen LogP contribution < -0.4 is 28.1 Å². The predicted octanol–water partition coefficient (Wildman–Crippen LogP) is 3.36. The minimum Gasteiger partial charge on any atom is -1.00 e. The second kappa shape index (κ2) is 12.0. The topological polar surface area (TPSA) is 0 Å². The Morgan fingerprint density at radius 2 is 1.32 bits per heavy atom. The molecule has 0 saturated carbocycles. The number of allylic oxidation sites excluding steroid dienone is 4. The average molecular weight is 631 g/mol. The summed E-state index contributed by atoms with van der Waals surface area (Å²) in [6, 6.07) is 12.5. The first kappa shape index (κ1) is 33.5. The van der Waals surface area contributed by atoms with E-state index in [0.29, 0.717) is 0 Å². The quantitative estimate of drug-likeness (QED) is 0.415. The third-order valence-corrected chi connectivity index (χ3v) is 16.6. The molecule has 4 rings (SSSR count). The first-order chi connectivity index (χ1) is 16.6. The van der Waals surface area contributed by atoms with Crippen molar-refractivity contribution in [3.8, 4) is 11.1 Å². The van der Waals surface area contributed by atoms with E-state index in [9.17, 15) is 0 Å². The molecule has 0 spiro atoms. The maximum Gasteiger partial charge on any atom is -1.00 e. The van der Waals surface area contributed by atoms with Crippen molar-refractivity contribution in [3.05, 3.63) is 73.6 Å². The van der Waals surface area contributed by atoms with Crippen LogP contribution in [0.3, 0.4) is 0 Å². The number of hydrogen-bond donors (Lipinski definition) is 0. The Morgan fingerprint density at radius 3 is 1.82 bits per heavy atom. The summed E-state index contributed by atoms with van der Waals surface area (Å²) < 4.78 is 5.43. The van der Waals surface area contributed by atoms with E-state index in [1.807, 2.05) is 3.21 Å². The van der Waals surface area contributed by atoms with Gasteiger partial charge in [0.05, 0.1) is 0 Å². The summed E-state index contributed by atoms with van der Waals surface area (Å²) in [6.45, 7) is 26.1. The van der Waals surface area contributed by atoms with Crippen molar-refractivity contribution >= 4 is 6.48 Å². The van der Waals surface area contributed by atoms with E-state index in [0.717, 1.165) is 6.42 Å².